The zero-order chi connectivity index (χ0) is 42.9. The topological polar surface area (TPSA) is 12.0 Å². The lowest BCUT2D eigenvalue weighted by molar-refractivity contribution is 0.0618. The Bertz CT molecular complexity index is 2600. The molecule has 2 unspecified atom stereocenters. The molecule has 0 aromatic heterocycles. The molecule has 3 heteroatoms. The highest BCUT2D eigenvalue weighted by atomic mass is 32.2. The van der Waals surface area contributed by atoms with Crippen LogP contribution in [0, 0.1) is 23.7 Å². The first kappa shape index (κ1) is 42.8. The zero-order valence-electron chi connectivity index (χ0n) is 38.4. The summed E-state index contributed by atoms with van der Waals surface area (Å²) in [7, 11) is 0. The van der Waals surface area contributed by atoms with Crippen LogP contribution in [0.15, 0.2) is 128 Å². The lowest BCUT2D eigenvalue weighted by Gasteiger charge is -2.51. The second kappa shape index (κ2) is 15.8. The van der Waals surface area contributed by atoms with Gasteiger partial charge in [-0.15, -0.1) is 12.6 Å². The van der Waals surface area contributed by atoms with Crippen molar-refractivity contribution in [2.75, 3.05) is 5.32 Å². The molecule has 0 radical (unpaired) electrons. The van der Waals surface area contributed by atoms with Crippen molar-refractivity contribution in [1.82, 2.24) is 0 Å². The van der Waals surface area contributed by atoms with E-state index in [-0.39, 0.29) is 21.7 Å². The first-order valence-electron chi connectivity index (χ1n) is 22.5. The third-order valence-corrected chi connectivity index (χ3v) is 17.4. The molecule has 8 rings (SSSR count). The molecule has 0 amide bonds. The van der Waals surface area contributed by atoms with Crippen LogP contribution in [-0.2, 0) is 10.8 Å². The third-order valence-electron chi connectivity index (χ3n) is 15.6. The molecule has 1 N–H and O–H groups in total. The molecule has 1 nitrogen and oxygen atoms in total. The van der Waals surface area contributed by atoms with Gasteiger partial charge in [0.1, 0.15) is 0 Å². The monoisotopic (exact) mass is 829 g/mol. The minimum absolute atomic E-state index is 0.0897. The maximum absolute atomic E-state index is 5.29. The molecule has 312 valence electrons. The lowest BCUT2D eigenvalue weighted by Crippen LogP contribution is -2.41. The van der Waals surface area contributed by atoms with Crippen molar-refractivity contribution < 1.29 is 0 Å². The minimum Gasteiger partial charge on any atom is -0.355 e. The Labute approximate surface area is 372 Å². The SMILES string of the molecule is CC=C1/C=C\C(C)=C/c2c(-c3cc4c(cc3S)C(C)(C)CCC4(C)C)ccc(-c3cc4ccccc4c(C)c3SC3=C(C)C(C)C(C4(C)CCCCC4(C)C)=CC=C3)c2N1. The van der Waals surface area contributed by atoms with Gasteiger partial charge in [-0.2, -0.15) is 0 Å². The fourth-order valence-electron chi connectivity index (χ4n) is 10.9. The van der Waals surface area contributed by atoms with Crippen LogP contribution in [0.5, 0.6) is 0 Å². The Morgan fingerprint density at radius 2 is 1.43 bits per heavy atom. The zero-order valence-corrected chi connectivity index (χ0v) is 40.1. The number of fused-ring (bicyclic) bond motifs is 3. The molecule has 1 heterocycles. The second-order valence-electron chi connectivity index (χ2n) is 20.6. The fourth-order valence-corrected chi connectivity index (χ4v) is 12.5. The van der Waals surface area contributed by atoms with E-state index < -0.39 is 0 Å². The van der Waals surface area contributed by atoms with Gasteiger partial charge >= 0.3 is 0 Å². The summed E-state index contributed by atoms with van der Waals surface area (Å²) in [5.41, 5.74) is 17.4. The van der Waals surface area contributed by atoms with E-state index in [4.69, 9.17) is 12.6 Å². The summed E-state index contributed by atoms with van der Waals surface area (Å²) < 4.78 is 0. The molecule has 1 aliphatic heterocycles. The van der Waals surface area contributed by atoms with Gasteiger partial charge in [-0.1, -0.05) is 157 Å². The second-order valence-corrected chi connectivity index (χ2v) is 22.1. The quantitative estimate of drug-likeness (QED) is 0.194. The van der Waals surface area contributed by atoms with Gasteiger partial charge in [0.2, 0.25) is 0 Å². The maximum Gasteiger partial charge on any atom is 0.0544 e. The van der Waals surface area contributed by atoms with Crippen molar-refractivity contribution in [3.8, 4) is 22.3 Å². The number of thioether (sulfide) groups is 1. The van der Waals surface area contributed by atoms with E-state index in [1.807, 2.05) is 11.8 Å². The van der Waals surface area contributed by atoms with Crippen molar-refractivity contribution in [2.45, 2.75) is 142 Å². The third kappa shape index (κ3) is 7.34. The molecule has 4 aromatic carbocycles. The van der Waals surface area contributed by atoms with Crippen molar-refractivity contribution in [3.63, 3.8) is 0 Å². The lowest BCUT2D eigenvalue weighted by atomic mass is 9.53. The highest BCUT2D eigenvalue weighted by Crippen LogP contribution is 2.58. The van der Waals surface area contributed by atoms with Crippen LogP contribution in [0.25, 0.3) is 39.1 Å². The molecule has 0 saturated heterocycles. The number of anilines is 1. The number of hydrogen-bond donors (Lipinski definition) is 2. The number of thiol groups is 1. The average Bonchev–Trinajstić information content (AvgIpc) is 3.34. The molecular formula is C57H67NS2. The number of nitrogens with one attached hydrogen (secondary N) is 1. The summed E-state index contributed by atoms with van der Waals surface area (Å²) in [6.45, 7) is 28.7. The summed E-state index contributed by atoms with van der Waals surface area (Å²) in [6.07, 6.45) is 23.8. The smallest absolute Gasteiger partial charge is 0.0544 e. The fraction of sp³-hybridized carbons (Fsp3) is 0.404. The van der Waals surface area contributed by atoms with Gasteiger partial charge in [-0.05, 0) is 162 Å². The molecule has 0 spiro atoms. The molecule has 4 aromatic rings. The first-order valence-corrected chi connectivity index (χ1v) is 23.8. The van der Waals surface area contributed by atoms with Gasteiger partial charge in [0.15, 0.2) is 0 Å². The van der Waals surface area contributed by atoms with E-state index in [1.54, 1.807) is 5.57 Å². The van der Waals surface area contributed by atoms with Gasteiger partial charge in [0.25, 0.3) is 0 Å². The van der Waals surface area contributed by atoms with Crippen molar-refractivity contribution in [1.29, 1.82) is 0 Å². The summed E-state index contributed by atoms with van der Waals surface area (Å²) in [4.78, 5) is 3.71. The Balaban J connectivity index is 1.34. The van der Waals surface area contributed by atoms with Crippen LogP contribution in [-0.4, -0.2) is 0 Å². The Kier molecular flexibility index (Phi) is 11.2. The summed E-state index contributed by atoms with van der Waals surface area (Å²) in [5.74, 6) is 0.356. The Morgan fingerprint density at radius 1 is 0.750 bits per heavy atom. The molecule has 1 saturated carbocycles. The number of allylic oxidation sites excluding steroid dienone is 9. The van der Waals surface area contributed by atoms with E-state index in [0.717, 1.165) is 16.3 Å². The summed E-state index contributed by atoms with van der Waals surface area (Å²) in [6, 6.07) is 21.0. The summed E-state index contributed by atoms with van der Waals surface area (Å²) in [5, 5.41) is 6.57. The van der Waals surface area contributed by atoms with E-state index in [1.165, 1.54) is 115 Å². The predicted octanol–water partition coefficient (Wildman–Crippen LogP) is 17.5. The number of aryl methyl sites for hydroxylation is 1. The summed E-state index contributed by atoms with van der Waals surface area (Å²) >= 11 is 7.25. The van der Waals surface area contributed by atoms with E-state index in [2.05, 4.69) is 186 Å². The standard InChI is InChI=1S/C57H67NS2/c1-13-40-24-23-35(2)31-45-42(44-33-48-49(34-50(44)59)55(8,9)30-29-54(48,6)7)25-26-43(52(45)58-40)46-32-39-19-14-15-20-41(39)38(5)53(46)60-51-22-18-21-47(36(3)37(51)4)57(12)28-17-16-27-56(57,10)11/h13-15,18-26,31-34,36,58-59H,16-17,27-30H2,1-12H3/b24-23-,35-31-,40-13?. The highest BCUT2D eigenvalue weighted by Gasteiger charge is 2.47. The van der Waals surface area contributed by atoms with Crippen LogP contribution in [0.3, 0.4) is 0 Å². The average molecular weight is 830 g/mol. The van der Waals surface area contributed by atoms with Crippen molar-refractivity contribution >= 4 is 46.9 Å². The number of benzene rings is 4. The van der Waals surface area contributed by atoms with Crippen molar-refractivity contribution in [2.24, 2.45) is 16.7 Å². The van der Waals surface area contributed by atoms with Crippen LogP contribution in [0.1, 0.15) is 137 Å². The van der Waals surface area contributed by atoms with Crippen molar-refractivity contribution in [3.05, 3.63) is 141 Å². The highest BCUT2D eigenvalue weighted by molar-refractivity contribution is 8.03. The molecule has 60 heavy (non-hydrogen) atoms. The molecule has 4 aliphatic rings. The van der Waals surface area contributed by atoms with Gasteiger partial charge in [0.05, 0.1) is 5.69 Å². The van der Waals surface area contributed by atoms with E-state index >= 15 is 0 Å². The molecule has 3 aliphatic carbocycles. The van der Waals surface area contributed by atoms with Gasteiger partial charge in [-0.25, -0.2) is 0 Å². The number of rotatable bonds is 5. The van der Waals surface area contributed by atoms with E-state index in [9.17, 15) is 0 Å². The van der Waals surface area contributed by atoms with Crippen LogP contribution < -0.4 is 5.32 Å². The first-order chi connectivity index (χ1) is 28.4. The molecular weight excluding hydrogens is 763 g/mol. The normalized spacial score (nSPS) is 25.3. The largest absolute Gasteiger partial charge is 0.355 e. The molecule has 1 fully saturated rings. The van der Waals surface area contributed by atoms with Crippen LogP contribution in [0.2, 0.25) is 0 Å². The molecule has 2 atom stereocenters. The van der Waals surface area contributed by atoms with Gasteiger partial charge < -0.3 is 5.32 Å². The predicted molar refractivity (Wildman–Crippen MR) is 268 cm³/mol. The molecule has 0 bridgehead atoms. The number of hydrogen-bond acceptors (Lipinski definition) is 3. The van der Waals surface area contributed by atoms with Crippen LogP contribution >= 0.6 is 24.4 Å². The Hall–Kier alpha value is -3.92. The minimum atomic E-state index is 0.0897. The Morgan fingerprint density at radius 3 is 2.15 bits per heavy atom. The maximum atomic E-state index is 5.29. The van der Waals surface area contributed by atoms with Gasteiger partial charge in [0, 0.05) is 31.5 Å². The van der Waals surface area contributed by atoms with E-state index in [0.29, 0.717) is 5.92 Å². The van der Waals surface area contributed by atoms with Gasteiger partial charge in [-0.3, -0.25) is 0 Å². The van der Waals surface area contributed by atoms with Crippen LogP contribution in [0.4, 0.5) is 5.69 Å².